The van der Waals surface area contributed by atoms with Gasteiger partial charge in [-0.1, -0.05) is 36.4 Å². The predicted octanol–water partition coefficient (Wildman–Crippen LogP) is 2.18. The fraction of sp³-hybridized carbons (Fsp3) is 0.375. The molecular weight excluding hydrogens is 394 g/mol. The molecule has 0 bridgehead atoms. The van der Waals surface area contributed by atoms with Gasteiger partial charge in [-0.25, -0.2) is 0 Å². The lowest BCUT2D eigenvalue weighted by molar-refractivity contribution is -0.135. The van der Waals surface area contributed by atoms with Crippen LogP contribution >= 0.6 is 0 Å². The molecule has 2 N–H and O–H groups in total. The number of hydrogen-bond donors (Lipinski definition) is 2. The Morgan fingerprint density at radius 2 is 1.90 bits per heavy atom. The average Bonchev–Trinajstić information content (AvgIpc) is 3.01. The van der Waals surface area contributed by atoms with E-state index in [9.17, 15) is 14.4 Å². The van der Waals surface area contributed by atoms with Crippen LogP contribution in [0.2, 0.25) is 0 Å². The van der Waals surface area contributed by atoms with Gasteiger partial charge in [0.15, 0.2) is 0 Å². The largest absolute Gasteiger partial charge is 0.485 e. The highest BCUT2D eigenvalue weighted by atomic mass is 16.5. The van der Waals surface area contributed by atoms with Crippen LogP contribution < -0.4 is 15.4 Å². The Balaban J connectivity index is 1.39. The van der Waals surface area contributed by atoms with Crippen molar-refractivity contribution in [3.8, 4) is 5.75 Å². The summed E-state index contributed by atoms with van der Waals surface area (Å²) in [7, 11) is 0. The van der Waals surface area contributed by atoms with Crippen LogP contribution in [0, 0.1) is 6.92 Å². The lowest BCUT2D eigenvalue weighted by Crippen LogP contribution is -2.46. The van der Waals surface area contributed by atoms with Crippen LogP contribution in [-0.4, -0.2) is 47.9 Å². The number of ether oxygens (including phenoxy) is 1. The Kier molecular flexibility index (Phi) is 5.93. The highest BCUT2D eigenvalue weighted by Crippen LogP contribution is 2.33. The van der Waals surface area contributed by atoms with Crippen molar-refractivity contribution in [1.82, 2.24) is 15.5 Å². The van der Waals surface area contributed by atoms with Crippen molar-refractivity contribution in [2.24, 2.45) is 0 Å². The fourth-order valence-electron chi connectivity index (χ4n) is 4.11. The molecule has 0 aromatic heterocycles. The molecule has 4 rings (SSSR count). The third-order valence-corrected chi connectivity index (χ3v) is 6.09. The molecule has 1 spiro atoms. The minimum atomic E-state index is -0.662. The van der Waals surface area contributed by atoms with Crippen LogP contribution in [-0.2, 0) is 16.1 Å². The molecule has 162 valence electrons. The second-order valence-electron chi connectivity index (χ2n) is 8.23. The number of nitrogens with zero attached hydrogens (tertiary/aromatic N) is 1. The zero-order valence-electron chi connectivity index (χ0n) is 17.6. The number of carbonyl (C=O) groups excluding carboxylic acids is 3. The molecule has 2 aliphatic rings. The van der Waals surface area contributed by atoms with Gasteiger partial charge in [-0.05, 0) is 36.6 Å². The molecule has 1 atom stereocenters. The maximum Gasteiger partial charge on any atom is 0.255 e. The van der Waals surface area contributed by atoms with Gasteiger partial charge in [-0.15, -0.1) is 0 Å². The summed E-state index contributed by atoms with van der Waals surface area (Å²) in [5.41, 5.74) is 2.01. The van der Waals surface area contributed by atoms with Gasteiger partial charge in [-0.2, -0.15) is 0 Å². The average molecular weight is 421 g/mol. The van der Waals surface area contributed by atoms with Crippen LogP contribution in [0.5, 0.6) is 5.75 Å². The van der Waals surface area contributed by atoms with Gasteiger partial charge in [0.25, 0.3) is 5.91 Å². The van der Waals surface area contributed by atoms with Crippen molar-refractivity contribution in [3.05, 3.63) is 65.2 Å². The molecule has 0 unspecified atom stereocenters. The Morgan fingerprint density at radius 1 is 1.13 bits per heavy atom. The topological polar surface area (TPSA) is 87.7 Å². The number of carbonyl (C=O) groups is 3. The Bertz CT molecular complexity index is 1010. The first kappa shape index (κ1) is 20.9. The van der Waals surface area contributed by atoms with E-state index in [0.717, 1.165) is 11.1 Å². The fourth-order valence-corrected chi connectivity index (χ4v) is 4.11. The van der Waals surface area contributed by atoms with Crippen molar-refractivity contribution < 1.29 is 19.1 Å². The van der Waals surface area contributed by atoms with Crippen LogP contribution in [0.1, 0.15) is 40.7 Å². The molecule has 2 heterocycles. The second kappa shape index (κ2) is 8.79. The van der Waals surface area contributed by atoms with Crippen molar-refractivity contribution in [2.45, 2.75) is 38.3 Å². The molecule has 2 aliphatic heterocycles. The monoisotopic (exact) mass is 421 g/mol. The summed E-state index contributed by atoms with van der Waals surface area (Å²) in [6.07, 6.45) is 1.29. The van der Waals surface area contributed by atoms with Crippen LogP contribution in [0.4, 0.5) is 0 Å². The number of fused-ring (bicyclic) bond motifs is 1. The molecular formula is C24H27N3O4. The van der Waals surface area contributed by atoms with Crippen molar-refractivity contribution >= 4 is 17.7 Å². The van der Waals surface area contributed by atoms with Gasteiger partial charge >= 0.3 is 0 Å². The van der Waals surface area contributed by atoms with E-state index in [1.165, 1.54) is 0 Å². The summed E-state index contributed by atoms with van der Waals surface area (Å²) in [5.74, 6) is 0.105. The standard InChI is InChI=1S/C24H27N3O4/c1-17-6-2-3-7-18(17)14-25-21(28)15-27-13-12-24(11-10-22(27)29)16-26-23(30)19-8-4-5-9-20(19)31-24/h2-9H,10-16H2,1H3,(H,25,28)(H,26,30)/t24-/m0/s1. The number of hydrogen-bond acceptors (Lipinski definition) is 4. The van der Waals surface area contributed by atoms with Gasteiger partial charge in [0.05, 0.1) is 18.7 Å². The highest BCUT2D eigenvalue weighted by Gasteiger charge is 2.40. The lowest BCUT2D eigenvalue weighted by Gasteiger charge is -2.32. The Labute approximate surface area is 181 Å². The van der Waals surface area contributed by atoms with Crippen molar-refractivity contribution in [1.29, 1.82) is 0 Å². The number of nitrogens with one attached hydrogen (secondary N) is 2. The van der Waals surface area contributed by atoms with E-state index in [1.807, 2.05) is 37.3 Å². The van der Waals surface area contributed by atoms with Crippen molar-refractivity contribution in [3.63, 3.8) is 0 Å². The molecule has 31 heavy (non-hydrogen) atoms. The maximum atomic E-state index is 12.7. The second-order valence-corrected chi connectivity index (χ2v) is 8.23. The highest BCUT2D eigenvalue weighted by molar-refractivity contribution is 5.97. The number of amides is 3. The summed E-state index contributed by atoms with van der Waals surface area (Å²) in [6, 6.07) is 15.0. The third-order valence-electron chi connectivity index (χ3n) is 6.09. The van der Waals surface area contributed by atoms with Gasteiger partial charge in [0, 0.05) is 25.9 Å². The number of likely N-dealkylation sites (tertiary alicyclic amines) is 1. The molecule has 7 heteroatoms. The van der Waals surface area contributed by atoms with E-state index in [2.05, 4.69) is 10.6 Å². The number of benzene rings is 2. The van der Waals surface area contributed by atoms with E-state index >= 15 is 0 Å². The first-order valence-electron chi connectivity index (χ1n) is 10.6. The SMILES string of the molecule is Cc1ccccc1CNC(=O)CN1CC[C@@]2(CCC1=O)CNC(=O)c1ccccc1O2. The van der Waals surface area contributed by atoms with Gasteiger partial charge in [0.1, 0.15) is 11.4 Å². The number of rotatable bonds is 4. The van der Waals surface area contributed by atoms with E-state index < -0.39 is 5.60 Å². The Hall–Kier alpha value is -3.35. The van der Waals surface area contributed by atoms with Crippen LogP contribution in [0.15, 0.2) is 48.5 Å². The molecule has 1 fully saturated rings. The van der Waals surface area contributed by atoms with E-state index in [0.29, 0.717) is 43.8 Å². The Morgan fingerprint density at radius 3 is 2.74 bits per heavy atom. The number of aryl methyl sites for hydroxylation is 1. The molecule has 0 saturated carbocycles. The maximum absolute atomic E-state index is 12.7. The summed E-state index contributed by atoms with van der Waals surface area (Å²) >= 11 is 0. The summed E-state index contributed by atoms with van der Waals surface area (Å²) in [5, 5.41) is 5.84. The quantitative estimate of drug-likeness (QED) is 0.792. The zero-order valence-corrected chi connectivity index (χ0v) is 17.6. The summed E-state index contributed by atoms with van der Waals surface area (Å²) in [4.78, 5) is 39.2. The summed E-state index contributed by atoms with van der Waals surface area (Å²) < 4.78 is 6.29. The molecule has 0 aliphatic carbocycles. The summed E-state index contributed by atoms with van der Waals surface area (Å²) in [6.45, 7) is 3.19. The van der Waals surface area contributed by atoms with Crippen molar-refractivity contribution in [2.75, 3.05) is 19.6 Å². The third kappa shape index (κ3) is 4.71. The molecule has 0 radical (unpaired) electrons. The van der Waals surface area contributed by atoms with E-state index in [-0.39, 0.29) is 30.7 Å². The predicted molar refractivity (Wildman–Crippen MR) is 116 cm³/mol. The van der Waals surface area contributed by atoms with Gasteiger partial charge in [-0.3, -0.25) is 14.4 Å². The minimum absolute atomic E-state index is 0.0176. The molecule has 1 saturated heterocycles. The van der Waals surface area contributed by atoms with E-state index in [1.54, 1.807) is 23.1 Å². The first-order valence-corrected chi connectivity index (χ1v) is 10.6. The number of para-hydroxylation sites is 1. The smallest absolute Gasteiger partial charge is 0.255 e. The zero-order chi connectivity index (χ0) is 21.8. The lowest BCUT2D eigenvalue weighted by atomic mass is 9.94. The molecule has 2 aromatic rings. The van der Waals surface area contributed by atoms with Crippen LogP contribution in [0.25, 0.3) is 0 Å². The van der Waals surface area contributed by atoms with E-state index in [4.69, 9.17) is 4.74 Å². The first-order chi connectivity index (χ1) is 15.0. The van der Waals surface area contributed by atoms with Gasteiger partial charge < -0.3 is 20.3 Å². The molecule has 2 aromatic carbocycles. The molecule has 7 nitrogen and oxygen atoms in total. The van der Waals surface area contributed by atoms with Gasteiger partial charge in [0.2, 0.25) is 11.8 Å². The minimum Gasteiger partial charge on any atom is -0.485 e. The molecule has 3 amide bonds. The normalized spacial score (nSPS) is 20.9. The van der Waals surface area contributed by atoms with Crippen LogP contribution in [0.3, 0.4) is 0 Å².